The normalized spacial score (nSPS) is 13.7. The standard InChI is InChI=1S/C30H30O3.C17H18O3.C5H10.C2H6.H2/c1-6-8-28(32)27-18-23(17-21(4)31)13-16-25(27)22(5)30(33)26-10-7-9-20(3)29(26)24-14-11-19(2)12-15-24;1-3-10-17(16(19)20-4-2)11-9-15(18)14-8-6-5-7-13(14)12-17;1-4-5(2)3;1-2;/h7,9-16,18H,5-6,8,17H2,1-4H3;3,5-9,11H,1,4,10,12H2,2H3;4-5H,1H2,2-3H3;1-2H3;1H. The highest BCUT2D eigenvalue weighted by Gasteiger charge is 2.39. The van der Waals surface area contributed by atoms with Crippen LogP contribution in [-0.2, 0) is 27.2 Å². The Labute approximate surface area is 360 Å². The number of aryl methyl sites for hydroxylation is 2. The van der Waals surface area contributed by atoms with E-state index in [1.807, 2.05) is 101 Å². The number of ether oxygens (including phenoxy) is 1. The van der Waals surface area contributed by atoms with Crippen LogP contribution in [0.15, 0.2) is 129 Å². The number of rotatable bonds is 14. The Morgan fingerprint density at radius 1 is 0.867 bits per heavy atom. The third kappa shape index (κ3) is 13.8. The lowest BCUT2D eigenvalue weighted by atomic mass is 9.78. The second-order valence-corrected chi connectivity index (χ2v) is 15.0. The molecule has 0 aromatic heterocycles. The average molecular weight is 811 g/mol. The number of carbonyl (C=O) groups excluding carboxylic acids is 5. The number of ketones is 4. The molecule has 318 valence electrons. The first-order valence-corrected chi connectivity index (χ1v) is 20.9. The van der Waals surface area contributed by atoms with Crippen LogP contribution in [0, 0.1) is 25.2 Å². The maximum absolute atomic E-state index is 13.7. The van der Waals surface area contributed by atoms with Crippen molar-refractivity contribution >= 4 is 34.7 Å². The third-order valence-electron chi connectivity index (χ3n) is 9.78. The molecule has 0 radical (unpaired) electrons. The first-order chi connectivity index (χ1) is 28.6. The number of allylic oxidation sites excluding steroid dienone is 4. The molecule has 0 fully saturated rings. The fourth-order valence-electron chi connectivity index (χ4n) is 6.62. The van der Waals surface area contributed by atoms with Crippen molar-refractivity contribution in [3.05, 3.63) is 173 Å². The topological polar surface area (TPSA) is 94.6 Å². The van der Waals surface area contributed by atoms with E-state index in [4.69, 9.17) is 4.74 Å². The minimum Gasteiger partial charge on any atom is -0.465 e. The van der Waals surface area contributed by atoms with Gasteiger partial charge in [-0.3, -0.25) is 24.0 Å². The maximum Gasteiger partial charge on any atom is 0.316 e. The highest BCUT2D eigenvalue weighted by Crippen LogP contribution is 2.36. The van der Waals surface area contributed by atoms with Gasteiger partial charge in [0.2, 0.25) is 0 Å². The molecule has 0 saturated heterocycles. The Morgan fingerprint density at radius 3 is 2.10 bits per heavy atom. The highest BCUT2D eigenvalue weighted by atomic mass is 16.5. The van der Waals surface area contributed by atoms with Crippen molar-refractivity contribution in [3.63, 3.8) is 0 Å². The second-order valence-electron chi connectivity index (χ2n) is 15.0. The second kappa shape index (κ2) is 24.8. The lowest BCUT2D eigenvalue weighted by molar-refractivity contribution is -0.152. The van der Waals surface area contributed by atoms with Gasteiger partial charge < -0.3 is 4.74 Å². The largest absolute Gasteiger partial charge is 0.465 e. The van der Waals surface area contributed by atoms with E-state index in [2.05, 4.69) is 33.6 Å². The molecule has 6 heteroatoms. The Bertz CT molecular complexity index is 2190. The van der Waals surface area contributed by atoms with Crippen LogP contribution >= 0.6 is 0 Å². The molecule has 1 aliphatic carbocycles. The smallest absolute Gasteiger partial charge is 0.316 e. The fourth-order valence-corrected chi connectivity index (χ4v) is 6.62. The fraction of sp³-hybridized carbons (Fsp3) is 0.315. The van der Waals surface area contributed by atoms with E-state index in [-0.39, 0.29) is 42.5 Å². The van der Waals surface area contributed by atoms with E-state index in [9.17, 15) is 24.0 Å². The zero-order valence-electron chi connectivity index (χ0n) is 37.3. The van der Waals surface area contributed by atoms with Crippen LogP contribution in [-0.4, -0.2) is 35.7 Å². The number of hydrogen-bond donors (Lipinski definition) is 0. The van der Waals surface area contributed by atoms with Gasteiger partial charge in [-0.05, 0) is 98.4 Å². The summed E-state index contributed by atoms with van der Waals surface area (Å²) in [5, 5.41) is 0. The van der Waals surface area contributed by atoms with Gasteiger partial charge in [-0.25, -0.2) is 0 Å². The van der Waals surface area contributed by atoms with E-state index >= 15 is 0 Å². The summed E-state index contributed by atoms with van der Waals surface area (Å²) in [6, 6.07) is 26.4. The summed E-state index contributed by atoms with van der Waals surface area (Å²) in [5.74, 6) is 0.0366. The van der Waals surface area contributed by atoms with Gasteiger partial charge in [0, 0.05) is 36.5 Å². The molecule has 0 aliphatic heterocycles. The lowest BCUT2D eigenvalue weighted by Gasteiger charge is -2.26. The molecule has 6 nitrogen and oxygen atoms in total. The Balaban J connectivity index is 0.000000564. The number of hydrogen-bond acceptors (Lipinski definition) is 6. The summed E-state index contributed by atoms with van der Waals surface area (Å²) in [6.45, 7) is 29.2. The summed E-state index contributed by atoms with van der Waals surface area (Å²) in [5.41, 5.74) is 7.27. The molecule has 0 amide bonds. The molecule has 0 heterocycles. The number of Topliss-reactive ketones (excluding diaryl/α,β-unsaturated/α-hetero) is 3. The molecule has 0 N–H and O–H groups in total. The molecule has 4 aromatic carbocycles. The SMILES string of the molecule is C=C(C(=O)c1cccc(C)c1-c1ccc(C)cc1)c1ccc(CC(C)=O)cc1C(=O)CCC.C=CC(C)C.C=CCC1(C(=O)OCC)C=CC(=O)c2ccccc2C1.CC.[HH]. The number of fused-ring (bicyclic) bond motifs is 1. The minimum atomic E-state index is -0.833. The van der Waals surface area contributed by atoms with E-state index in [0.717, 1.165) is 33.4 Å². The summed E-state index contributed by atoms with van der Waals surface area (Å²) in [7, 11) is 0. The van der Waals surface area contributed by atoms with Crippen LogP contribution in [0.1, 0.15) is 128 Å². The maximum atomic E-state index is 13.7. The molecule has 1 atom stereocenters. The van der Waals surface area contributed by atoms with Crippen molar-refractivity contribution in [1.29, 1.82) is 0 Å². The first-order valence-electron chi connectivity index (χ1n) is 20.9. The summed E-state index contributed by atoms with van der Waals surface area (Å²) < 4.78 is 5.19. The zero-order valence-corrected chi connectivity index (χ0v) is 37.3. The van der Waals surface area contributed by atoms with Crippen LogP contribution < -0.4 is 0 Å². The summed E-state index contributed by atoms with van der Waals surface area (Å²) >= 11 is 0. The van der Waals surface area contributed by atoms with E-state index in [0.29, 0.717) is 60.5 Å². The van der Waals surface area contributed by atoms with Crippen molar-refractivity contribution < 1.29 is 30.1 Å². The number of benzene rings is 4. The molecule has 60 heavy (non-hydrogen) atoms. The quantitative estimate of drug-likeness (QED) is 0.0545. The third-order valence-corrected chi connectivity index (χ3v) is 9.78. The lowest BCUT2D eigenvalue weighted by Crippen LogP contribution is -2.33. The van der Waals surface area contributed by atoms with Crippen LogP contribution in [0.3, 0.4) is 0 Å². The van der Waals surface area contributed by atoms with Crippen LogP contribution in [0.5, 0.6) is 0 Å². The van der Waals surface area contributed by atoms with Gasteiger partial charge in [-0.2, -0.15) is 0 Å². The monoisotopic (exact) mass is 810 g/mol. The Hall–Kier alpha value is -6.01. The van der Waals surface area contributed by atoms with Gasteiger partial charge in [0.1, 0.15) is 5.78 Å². The first kappa shape index (κ1) is 50.1. The molecular formula is C54H66O6. The van der Waals surface area contributed by atoms with Crippen molar-refractivity contribution in [2.24, 2.45) is 11.3 Å². The van der Waals surface area contributed by atoms with E-state index in [1.54, 1.807) is 43.3 Å². The summed E-state index contributed by atoms with van der Waals surface area (Å²) in [6.07, 6.45) is 8.99. The van der Waals surface area contributed by atoms with Crippen LogP contribution in [0.2, 0.25) is 0 Å². The van der Waals surface area contributed by atoms with Gasteiger partial charge in [0.15, 0.2) is 17.3 Å². The van der Waals surface area contributed by atoms with Crippen molar-refractivity contribution in [2.75, 3.05) is 6.61 Å². The van der Waals surface area contributed by atoms with Crippen LogP contribution in [0.25, 0.3) is 16.7 Å². The van der Waals surface area contributed by atoms with Crippen molar-refractivity contribution in [1.82, 2.24) is 0 Å². The molecule has 4 aromatic rings. The van der Waals surface area contributed by atoms with Gasteiger partial charge in [0.25, 0.3) is 0 Å². The van der Waals surface area contributed by atoms with Crippen LogP contribution in [0.4, 0.5) is 0 Å². The molecule has 1 aliphatic rings. The molecule has 0 saturated carbocycles. The van der Waals surface area contributed by atoms with Crippen molar-refractivity contribution in [2.45, 2.75) is 94.4 Å². The zero-order chi connectivity index (χ0) is 45.0. The number of esters is 1. The molecule has 0 bridgehead atoms. The molecule has 0 spiro atoms. The predicted molar refractivity (Wildman–Crippen MR) is 251 cm³/mol. The molecule has 1 unspecified atom stereocenters. The molecule has 5 rings (SSSR count). The van der Waals surface area contributed by atoms with Gasteiger partial charge in [-0.1, -0.05) is 144 Å². The minimum absolute atomic E-state index is 0. The Morgan fingerprint density at radius 2 is 1.52 bits per heavy atom. The van der Waals surface area contributed by atoms with Gasteiger partial charge in [-0.15, -0.1) is 13.2 Å². The number of carbonyl (C=O) groups is 5. The van der Waals surface area contributed by atoms with Gasteiger partial charge >= 0.3 is 5.97 Å². The van der Waals surface area contributed by atoms with Gasteiger partial charge in [0.05, 0.1) is 12.0 Å². The predicted octanol–water partition coefficient (Wildman–Crippen LogP) is 13.2. The molecular weight excluding hydrogens is 745 g/mol. The van der Waals surface area contributed by atoms with E-state index in [1.165, 1.54) is 13.0 Å². The Kier molecular flexibility index (Phi) is 20.7. The van der Waals surface area contributed by atoms with Crippen molar-refractivity contribution in [3.8, 4) is 11.1 Å². The highest BCUT2D eigenvalue weighted by molar-refractivity contribution is 6.31. The summed E-state index contributed by atoms with van der Waals surface area (Å²) in [4.78, 5) is 62.7. The average Bonchev–Trinajstić information content (AvgIpc) is 3.38. The van der Waals surface area contributed by atoms with E-state index < -0.39 is 5.41 Å².